The van der Waals surface area contributed by atoms with Crippen LogP contribution >= 0.6 is 0 Å². The number of aliphatic hydroxyl groups excluding tert-OH is 1. The molecule has 0 saturated heterocycles. The smallest absolute Gasteiger partial charge is 0.312 e. The molecule has 0 aliphatic heterocycles. The van der Waals surface area contributed by atoms with Gasteiger partial charge in [0.2, 0.25) is 0 Å². The molecule has 4 unspecified atom stereocenters. The van der Waals surface area contributed by atoms with Crippen molar-refractivity contribution < 1.29 is 19.0 Å². The van der Waals surface area contributed by atoms with Gasteiger partial charge in [0.15, 0.2) is 0 Å². The number of alkyl halides is 1. The summed E-state index contributed by atoms with van der Waals surface area (Å²) in [5.74, 6) is -1.26. The molecule has 2 rings (SSSR count). The molecule has 0 aromatic carbocycles. The number of halogens is 1. The summed E-state index contributed by atoms with van der Waals surface area (Å²) >= 11 is 0. The first-order valence-electron chi connectivity index (χ1n) is 4.84. The SMILES string of the molecule is O=C(OCCO)C1C2C=CC(C2)C1F. The van der Waals surface area contributed by atoms with Gasteiger partial charge in [-0.1, -0.05) is 12.2 Å². The molecule has 4 heteroatoms. The van der Waals surface area contributed by atoms with Crippen LogP contribution in [0.1, 0.15) is 6.42 Å². The van der Waals surface area contributed by atoms with Crippen LogP contribution in [-0.4, -0.2) is 30.5 Å². The Morgan fingerprint density at radius 2 is 2.21 bits per heavy atom. The van der Waals surface area contributed by atoms with Crippen LogP contribution in [0, 0.1) is 17.8 Å². The molecule has 0 spiro atoms. The molecule has 78 valence electrons. The summed E-state index contributed by atoms with van der Waals surface area (Å²) in [4.78, 5) is 11.4. The first kappa shape index (κ1) is 9.65. The largest absolute Gasteiger partial charge is 0.463 e. The van der Waals surface area contributed by atoms with E-state index in [1.807, 2.05) is 12.2 Å². The second-order valence-electron chi connectivity index (χ2n) is 3.81. The minimum absolute atomic E-state index is 0.00110. The van der Waals surface area contributed by atoms with E-state index in [1.54, 1.807) is 0 Å². The average molecular weight is 200 g/mol. The second kappa shape index (κ2) is 3.69. The van der Waals surface area contributed by atoms with Crippen LogP contribution in [-0.2, 0) is 9.53 Å². The van der Waals surface area contributed by atoms with Gasteiger partial charge in [-0.25, -0.2) is 4.39 Å². The molecule has 1 fully saturated rings. The van der Waals surface area contributed by atoms with Crippen LogP contribution in [0.15, 0.2) is 12.2 Å². The van der Waals surface area contributed by atoms with Crippen molar-refractivity contribution in [3.63, 3.8) is 0 Å². The zero-order valence-corrected chi connectivity index (χ0v) is 7.73. The minimum Gasteiger partial charge on any atom is -0.463 e. The van der Waals surface area contributed by atoms with Crippen molar-refractivity contribution in [2.45, 2.75) is 12.6 Å². The number of carbonyl (C=O) groups excluding carboxylic acids is 1. The van der Waals surface area contributed by atoms with Gasteiger partial charge in [0, 0.05) is 5.92 Å². The molecular weight excluding hydrogens is 187 g/mol. The number of hydrogen-bond acceptors (Lipinski definition) is 3. The van der Waals surface area contributed by atoms with E-state index in [0.717, 1.165) is 6.42 Å². The number of fused-ring (bicyclic) bond motifs is 2. The van der Waals surface area contributed by atoms with E-state index in [9.17, 15) is 9.18 Å². The van der Waals surface area contributed by atoms with Crippen molar-refractivity contribution in [2.75, 3.05) is 13.2 Å². The molecule has 4 atom stereocenters. The Bertz CT molecular complexity index is 264. The summed E-state index contributed by atoms with van der Waals surface area (Å²) in [5.41, 5.74) is 0. The maximum atomic E-state index is 13.5. The van der Waals surface area contributed by atoms with Gasteiger partial charge in [-0.05, 0) is 12.3 Å². The predicted octanol–water partition coefficient (Wildman–Crippen LogP) is 0.682. The lowest BCUT2D eigenvalue weighted by atomic mass is 9.92. The molecule has 0 aromatic rings. The molecule has 0 radical (unpaired) electrons. The van der Waals surface area contributed by atoms with Gasteiger partial charge in [-0.15, -0.1) is 0 Å². The van der Waals surface area contributed by atoms with Gasteiger partial charge in [0.05, 0.1) is 12.5 Å². The van der Waals surface area contributed by atoms with E-state index in [-0.39, 0.29) is 25.0 Å². The number of allylic oxidation sites excluding steroid dienone is 2. The van der Waals surface area contributed by atoms with Crippen molar-refractivity contribution in [1.29, 1.82) is 0 Å². The van der Waals surface area contributed by atoms with E-state index in [1.165, 1.54) is 0 Å². The van der Waals surface area contributed by atoms with Crippen molar-refractivity contribution in [1.82, 2.24) is 0 Å². The molecule has 14 heavy (non-hydrogen) atoms. The van der Waals surface area contributed by atoms with Crippen LogP contribution in [0.4, 0.5) is 4.39 Å². The lowest BCUT2D eigenvalue weighted by Crippen LogP contribution is -2.31. The number of ether oxygens (including phenoxy) is 1. The van der Waals surface area contributed by atoms with E-state index in [0.29, 0.717) is 0 Å². The average Bonchev–Trinajstić information content (AvgIpc) is 2.74. The number of rotatable bonds is 3. The summed E-state index contributed by atoms with van der Waals surface area (Å²) in [6, 6.07) is 0. The van der Waals surface area contributed by atoms with Crippen LogP contribution in [0.5, 0.6) is 0 Å². The first-order chi connectivity index (χ1) is 6.74. The molecule has 2 aliphatic carbocycles. The first-order valence-corrected chi connectivity index (χ1v) is 4.84. The number of esters is 1. The highest BCUT2D eigenvalue weighted by atomic mass is 19.1. The Kier molecular flexibility index (Phi) is 2.54. The third-order valence-corrected chi connectivity index (χ3v) is 2.97. The Morgan fingerprint density at radius 3 is 2.79 bits per heavy atom. The number of aliphatic hydroxyl groups is 1. The quantitative estimate of drug-likeness (QED) is 0.538. The van der Waals surface area contributed by atoms with Gasteiger partial charge in [0.25, 0.3) is 0 Å². The third-order valence-electron chi connectivity index (χ3n) is 2.97. The van der Waals surface area contributed by atoms with Crippen LogP contribution in [0.2, 0.25) is 0 Å². The topological polar surface area (TPSA) is 46.5 Å². The zero-order chi connectivity index (χ0) is 10.1. The maximum Gasteiger partial charge on any atom is 0.312 e. The van der Waals surface area contributed by atoms with E-state index in [2.05, 4.69) is 0 Å². The molecule has 1 saturated carbocycles. The molecule has 3 nitrogen and oxygen atoms in total. The Labute approximate surface area is 81.6 Å². The zero-order valence-electron chi connectivity index (χ0n) is 7.73. The fraction of sp³-hybridized carbons (Fsp3) is 0.700. The van der Waals surface area contributed by atoms with Crippen LogP contribution in [0.3, 0.4) is 0 Å². The van der Waals surface area contributed by atoms with Crippen molar-refractivity contribution in [3.8, 4) is 0 Å². The Hall–Kier alpha value is -0.900. The van der Waals surface area contributed by atoms with Gasteiger partial charge in [-0.2, -0.15) is 0 Å². The summed E-state index contributed by atoms with van der Waals surface area (Å²) < 4.78 is 18.3. The minimum atomic E-state index is -1.10. The molecular formula is C10H13FO3. The fourth-order valence-electron chi connectivity index (χ4n) is 2.31. The third kappa shape index (κ3) is 1.43. The summed E-state index contributed by atoms with van der Waals surface area (Å²) in [7, 11) is 0. The highest BCUT2D eigenvalue weighted by Gasteiger charge is 2.49. The van der Waals surface area contributed by atoms with Crippen molar-refractivity contribution in [2.24, 2.45) is 17.8 Å². The highest BCUT2D eigenvalue weighted by molar-refractivity contribution is 5.75. The summed E-state index contributed by atoms with van der Waals surface area (Å²) in [6.45, 7) is -0.248. The Morgan fingerprint density at radius 1 is 1.50 bits per heavy atom. The van der Waals surface area contributed by atoms with E-state index >= 15 is 0 Å². The van der Waals surface area contributed by atoms with E-state index in [4.69, 9.17) is 9.84 Å². The fourth-order valence-corrected chi connectivity index (χ4v) is 2.31. The second-order valence-corrected chi connectivity index (χ2v) is 3.81. The molecule has 2 bridgehead atoms. The lowest BCUT2D eigenvalue weighted by Gasteiger charge is -2.19. The van der Waals surface area contributed by atoms with Crippen molar-refractivity contribution in [3.05, 3.63) is 12.2 Å². The number of hydrogen-bond donors (Lipinski definition) is 1. The predicted molar refractivity (Wildman–Crippen MR) is 47.2 cm³/mol. The van der Waals surface area contributed by atoms with Gasteiger partial charge < -0.3 is 9.84 Å². The summed E-state index contributed by atoms with van der Waals surface area (Å²) in [6.07, 6.45) is 3.35. The standard InChI is InChI=1S/C10H13FO3/c11-9-7-2-1-6(5-7)8(9)10(13)14-4-3-12/h1-2,6-9,12H,3-5H2. The highest BCUT2D eigenvalue weighted by Crippen LogP contribution is 2.45. The van der Waals surface area contributed by atoms with Crippen molar-refractivity contribution >= 4 is 5.97 Å². The van der Waals surface area contributed by atoms with Gasteiger partial charge in [-0.3, -0.25) is 4.79 Å². The van der Waals surface area contributed by atoms with Crippen LogP contribution in [0.25, 0.3) is 0 Å². The maximum absolute atomic E-state index is 13.5. The lowest BCUT2D eigenvalue weighted by molar-refractivity contribution is -0.152. The monoisotopic (exact) mass is 200 g/mol. The van der Waals surface area contributed by atoms with E-state index < -0.39 is 18.1 Å². The molecule has 0 aromatic heterocycles. The van der Waals surface area contributed by atoms with Crippen LogP contribution < -0.4 is 0 Å². The molecule has 2 aliphatic rings. The van der Waals surface area contributed by atoms with Gasteiger partial charge >= 0.3 is 5.97 Å². The normalized spacial score (nSPS) is 39.0. The number of carbonyl (C=O) groups is 1. The molecule has 0 heterocycles. The molecule has 1 N–H and O–H groups in total. The summed E-state index contributed by atoms with van der Waals surface area (Å²) in [5, 5.41) is 8.47. The molecule has 0 amide bonds. The Balaban J connectivity index is 1.98. The van der Waals surface area contributed by atoms with Gasteiger partial charge in [0.1, 0.15) is 12.8 Å².